The highest BCUT2D eigenvalue weighted by Crippen LogP contribution is 2.34. The Bertz CT molecular complexity index is 712. The summed E-state index contributed by atoms with van der Waals surface area (Å²) in [5.74, 6) is 0. The van der Waals surface area contributed by atoms with Crippen LogP contribution in [0, 0.1) is 0 Å². The number of hydrogen-bond donors (Lipinski definition) is 2. The Balaban J connectivity index is 0.000000774. The van der Waals surface area contributed by atoms with Gasteiger partial charge >= 0.3 is 0 Å². The molecule has 0 heterocycles. The van der Waals surface area contributed by atoms with Crippen LogP contribution < -0.4 is 21.9 Å². The minimum absolute atomic E-state index is 0.0742. The van der Waals surface area contributed by atoms with E-state index in [0.29, 0.717) is 5.69 Å². The van der Waals surface area contributed by atoms with Crippen LogP contribution >= 0.6 is 0 Å². The molecular weight excluding hydrogens is 264 g/mol. The molecule has 2 aromatic carbocycles. The maximum atomic E-state index is 11.4. The van der Waals surface area contributed by atoms with E-state index in [1.165, 1.54) is 16.7 Å². The summed E-state index contributed by atoms with van der Waals surface area (Å²) in [7, 11) is 0. The van der Waals surface area contributed by atoms with Crippen molar-refractivity contribution in [1.82, 2.24) is 0 Å². The number of hydrogen-bond acceptors (Lipinski definition) is 4. The number of anilines is 2. The number of benzene rings is 1. The van der Waals surface area contributed by atoms with E-state index in [1.54, 1.807) is 0 Å². The van der Waals surface area contributed by atoms with Crippen LogP contribution in [0.2, 0.25) is 0 Å². The molecule has 1 aliphatic carbocycles. The Morgan fingerprint density at radius 2 is 1.95 bits per heavy atom. The van der Waals surface area contributed by atoms with Crippen LogP contribution in [0.4, 0.5) is 11.4 Å². The van der Waals surface area contributed by atoms with Gasteiger partial charge in [0.1, 0.15) is 11.4 Å². The van der Waals surface area contributed by atoms with Crippen molar-refractivity contribution < 1.29 is 0 Å². The lowest BCUT2D eigenvalue weighted by molar-refractivity contribution is 0.759. The van der Waals surface area contributed by atoms with Gasteiger partial charge in [-0.05, 0) is 36.0 Å². The molecular formula is C17H22N2O2. The second-order valence-corrected chi connectivity index (χ2v) is 5.07. The summed E-state index contributed by atoms with van der Waals surface area (Å²) in [6, 6.07) is 6.57. The van der Waals surface area contributed by atoms with Gasteiger partial charge in [-0.2, -0.15) is 0 Å². The van der Waals surface area contributed by atoms with Crippen LogP contribution in [0.1, 0.15) is 49.9 Å². The van der Waals surface area contributed by atoms with E-state index in [9.17, 15) is 9.59 Å². The molecule has 21 heavy (non-hydrogen) atoms. The molecule has 1 aliphatic rings. The molecule has 0 saturated heterocycles. The second kappa shape index (κ2) is 6.12. The summed E-state index contributed by atoms with van der Waals surface area (Å²) >= 11 is 0. The van der Waals surface area contributed by atoms with Crippen molar-refractivity contribution in [2.45, 2.75) is 46.1 Å². The predicted molar refractivity (Wildman–Crippen MR) is 87.6 cm³/mol. The summed E-state index contributed by atoms with van der Waals surface area (Å²) < 4.78 is 0. The zero-order valence-corrected chi connectivity index (χ0v) is 12.8. The van der Waals surface area contributed by atoms with E-state index < -0.39 is 10.9 Å². The Hall–Kier alpha value is -2.10. The molecule has 4 heteroatoms. The van der Waals surface area contributed by atoms with Crippen LogP contribution in [-0.2, 0) is 12.8 Å². The number of nitrogen functional groups attached to an aromatic ring is 1. The normalized spacial score (nSPS) is 16.2. The summed E-state index contributed by atoms with van der Waals surface area (Å²) in [4.78, 5) is 22.6. The fourth-order valence-corrected chi connectivity index (χ4v) is 2.75. The van der Waals surface area contributed by atoms with Crippen molar-refractivity contribution in [2.24, 2.45) is 0 Å². The highest BCUT2D eigenvalue weighted by Gasteiger charge is 2.26. The predicted octanol–water partition coefficient (Wildman–Crippen LogP) is 2.55. The lowest BCUT2D eigenvalue weighted by Gasteiger charge is -2.18. The topological polar surface area (TPSA) is 72.2 Å². The van der Waals surface area contributed by atoms with Gasteiger partial charge in [-0.3, -0.25) is 9.59 Å². The van der Waals surface area contributed by atoms with Crippen LogP contribution in [0.3, 0.4) is 0 Å². The number of nitrogens with one attached hydrogen (secondary N) is 1. The summed E-state index contributed by atoms with van der Waals surface area (Å²) in [6.07, 6.45) is 2.91. The lowest BCUT2D eigenvalue weighted by Crippen LogP contribution is -2.37. The third-order valence-electron chi connectivity index (χ3n) is 3.96. The third kappa shape index (κ3) is 2.58. The first kappa shape index (κ1) is 15.3. The molecule has 1 atom stereocenters. The van der Waals surface area contributed by atoms with Crippen molar-refractivity contribution in [3.63, 3.8) is 0 Å². The van der Waals surface area contributed by atoms with Crippen molar-refractivity contribution in [1.29, 1.82) is 0 Å². The van der Waals surface area contributed by atoms with E-state index in [0.717, 1.165) is 19.3 Å². The highest BCUT2D eigenvalue weighted by atomic mass is 16.2. The molecule has 4 nitrogen and oxygen atoms in total. The smallest absolute Gasteiger partial charge is 0.253 e. The average Bonchev–Trinajstić information content (AvgIpc) is 2.95. The SMILES string of the molecule is CC.CCc1ccc2c(c1)C(Nc1c(N)c(=O)c1=O)CC2. The number of aryl methyl sites for hydroxylation is 2. The zero-order valence-electron chi connectivity index (χ0n) is 12.8. The van der Waals surface area contributed by atoms with E-state index in [4.69, 9.17) is 5.73 Å². The van der Waals surface area contributed by atoms with Crippen molar-refractivity contribution in [2.75, 3.05) is 11.1 Å². The summed E-state index contributed by atoms with van der Waals surface area (Å²) in [5, 5.41) is 3.14. The lowest BCUT2D eigenvalue weighted by atomic mass is 10.0. The maximum Gasteiger partial charge on any atom is 0.253 e. The first-order valence-electron chi connectivity index (χ1n) is 7.58. The molecule has 1 unspecified atom stereocenters. The van der Waals surface area contributed by atoms with Gasteiger partial charge in [-0.25, -0.2) is 0 Å². The third-order valence-corrected chi connectivity index (χ3v) is 3.96. The van der Waals surface area contributed by atoms with Crippen LogP contribution in [-0.4, -0.2) is 0 Å². The molecule has 0 spiro atoms. The quantitative estimate of drug-likeness (QED) is 0.851. The summed E-state index contributed by atoms with van der Waals surface area (Å²) in [5.41, 5.74) is 8.70. The first-order valence-corrected chi connectivity index (χ1v) is 7.58. The number of nitrogens with two attached hydrogens (primary N) is 1. The van der Waals surface area contributed by atoms with E-state index >= 15 is 0 Å². The standard InChI is InChI=1S/C15H16N2O2.C2H6/c1-2-8-3-4-9-5-6-11(10(9)7-8)17-13-12(16)14(18)15(13)19;1-2/h3-4,7,11,17H,2,5-6,16H2,1H3;1-2H3. The van der Waals surface area contributed by atoms with Crippen LogP contribution in [0.5, 0.6) is 0 Å². The molecule has 112 valence electrons. The van der Waals surface area contributed by atoms with E-state index in [1.807, 2.05) is 13.8 Å². The Kier molecular flexibility index (Phi) is 4.46. The maximum absolute atomic E-state index is 11.4. The van der Waals surface area contributed by atoms with E-state index in [2.05, 4.69) is 30.4 Å². The first-order chi connectivity index (χ1) is 10.1. The summed E-state index contributed by atoms with van der Waals surface area (Å²) in [6.45, 7) is 6.12. The molecule has 3 N–H and O–H groups in total. The Morgan fingerprint density at radius 1 is 1.24 bits per heavy atom. The molecule has 2 aromatic rings. The molecule has 0 radical (unpaired) electrons. The van der Waals surface area contributed by atoms with Crippen molar-refractivity contribution in [3.05, 3.63) is 55.3 Å². The fraction of sp³-hybridized carbons (Fsp3) is 0.412. The number of fused-ring (bicyclic) bond motifs is 1. The highest BCUT2D eigenvalue weighted by molar-refractivity contribution is 5.72. The largest absolute Gasteiger partial charge is 0.394 e. The average molecular weight is 286 g/mol. The molecule has 0 saturated carbocycles. The molecule has 3 rings (SSSR count). The molecule has 0 fully saturated rings. The molecule has 0 amide bonds. The second-order valence-electron chi connectivity index (χ2n) is 5.07. The minimum Gasteiger partial charge on any atom is -0.394 e. The van der Waals surface area contributed by atoms with Gasteiger partial charge in [-0.1, -0.05) is 39.0 Å². The van der Waals surface area contributed by atoms with Crippen LogP contribution in [0.15, 0.2) is 27.8 Å². The van der Waals surface area contributed by atoms with Gasteiger partial charge in [0.25, 0.3) is 10.9 Å². The monoisotopic (exact) mass is 286 g/mol. The molecule has 0 aliphatic heterocycles. The van der Waals surface area contributed by atoms with E-state index in [-0.39, 0.29) is 11.7 Å². The van der Waals surface area contributed by atoms with Crippen LogP contribution in [0.25, 0.3) is 0 Å². The fourth-order valence-electron chi connectivity index (χ4n) is 2.75. The van der Waals surface area contributed by atoms with Gasteiger partial charge < -0.3 is 11.1 Å². The Morgan fingerprint density at radius 3 is 2.57 bits per heavy atom. The van der Waals surface area contributed by atoms with Gasteiger partial charge in [0.15, 0.2) is 0 Å². The van der Waals surface area contributed by atoms with Gasteiger partial charge in [-0.15, -0.1) is 0 Å². The molecule has 0 aromatic heterocycles. The van der Waals surface area contributed by atoms with Gasteiger partial charge in [0.2, 0.25) is 0 Å². The van der Waals surface area contributed by atoms with Gasteiger partial charge in [0.05, 0.1) is 6.04 Å². The van der Waals surface area contributed by atoms with Gasteiger partial charge in [0, 0.05) is 0 Å². The Labute approximate surface area is 124 Å². The van der Waals surface area contributed by atoms with Crippen molar-refractivity contribution in [3.8, 4) is 0 Å². The van der Waals surface area contributed by atoms with Crippen molar-refractivity contribution >= 4 is 11.4 Å². The molecule has 0 bridgehead atoms. The zero-order chi connectivity index (χ0) is 15.6. The minimum atomic E-state index is -0.567. The number of rotatable bonds is 3.